The third-order valence-corrected chi connectivity index (χ3v) is 4.96. The van der Waals surface area contributed by atoms with Crippen LogP contribution in [0, 0.1) is 0 Å². The van der Waals surface area contributed by atoms with E-state index in [4.69, 9.17) is 25.8 Å². The first-order valence-electron chi connectivity index (χ1n) is 9.13. The van der Waals surface area contributed by atoms with E-state index in [0.717, 1.165) is 43.7 Å². The van der Waals surface area contributed by atoms with Crippen molar-refractivity contribution in [2.45, 2.75) is 44.4 Å². The Morgan fingerprint density at radius 2 is 1.73 bits per heavy atom. The molecule has 0 atom stereocenters. The molecular weight excluding hydrogens is 358 g/mol. The zero-order chi connectivity index (χ0) is 18.4. The Kier molecular flexibility index (Phi) is 6.51. The number of carbonyl (C=O) groups excluding carboxylic acids is 2. The van der Waals surface area contributed by atoms with Gasteiger partial charge in [0.15, 0.2) is 0 Å². The number of hydrogen-bond acceptors (Lipinski definition) is 6. The molecule has 3 rings (SSSR count). The van der Waals surface area contributed by atoms with Crippen molar-refractivity contribution in [3.8, 4) is 0 Å². The van der Waals surface area contributed by atoms with E-state index in [1.165, 1.54) is 5.56 Å². The molecule has 0 unspecified atom stereocenters. The van der Waals surface area contributed by atoms with Crippen LogP contribution in [-0.4, -0.2) is 49.1 Å². The molecule has 6 nitrogen and oxygen atoms in total. The first-order valence-corrected chi connectivity index (χ1v) is 9.50. The first-order chi connectivity index (χ1) is 12.6. The minimum atomic E-state index is -1.18. The van der Waals surface area contributed by atoms with Crippen molar-refractivity contribution < 1.29 is 23.8 Å². The minimum Gasteiger partial charge on any atom is -0.400 e. The van der Waals surface area contributed by atoms with Gasteiger partial charge in [-0.05, 0) is 49.8 Å². The van der Waals surface area contributed by atoms with E-state index in [2.05, 4.69) is 0 Å². The Hall–Kier alpha value is -1.63. The summed E-state index contributed by atoms with van der Waals surface area (Å²) in [6.07, 6.45) is 5.10. The van der Waals surface area contributed by atoms with Gasteiger partial charge in [-0.3, -0.25) is 0 Å². The van der Waals surface area contributed by atoms with E-state index in [9.17, 15) is 9.59 Å². The van der Waals surface area contributed by atoms with Gasteiger partial charge in [0, 0.05) is 37.7 Å². The standard InChI is InChI=1S/C19H24ClNO5/c20-16-8-6-15(7-9-16)5-3-13-24-14-4-12-21-11-2-1-10-19(21)25-17(22)18(23)26-19/h6-9H,1-5,10-14H2. The third kappa shape index (κ3) is 4.75. The molecule has 1 aromatic carbocycles. The lowest BCUT2D eigenvalue weighted by Crippen LogP contribution is -2.53. The number of carbonyl (C=O) groups is 2. The molecule has 1 spiro atoms. The summed E-state index contributed by atoms with van der Waals surface area (Å²) in [7, 11) is 0. The normalized spacial score (nSPS) is 19.6. The number of esters is 2. The fourth-order valence-corrected chi connectivity index (χ4v) is 3.50. The van der Waals surface area contributed by atoms with Crippen LogP contribution in [0.4, 0.5) is 0 Å². The average molecular weight is 382 g/mol. The molecule has 2 saturated heterocycles. The summed E-state index contributed by atoms with van der Waals surface area (Å²) in [5.74, 6) is -2.97. The van der Waals surface area contributed by atoms with E-state index in [0.29, 0.717) is 26.2 Å². The van der Waals surface area contributed by atoms with Gasteiger partial charge in [-0.15, -0.1) is 0 Å². The number of piperidine rings is 1. The van der Waals surface area contributed by atoms with Gasteiger partial charge >= 0.3 is 17.8 Å². The highest BCUT2D eigenvalue weighted by Crippen LogP contribution is 2.34. The Morgan fingerprint density at radius 3 is 2.46 bits per heavy atom. The maximum atomic E-state index is 11.4. The molecule has 0 bridgehead atoms. The molecule has 142 valence electrons. The molecule has 1 aromatic rings. The Balaban J connectivity index is 1.33. The Bertz CT molecular complexity index is 617. The molecule has 0 saturated carbocycles. The van der Waals surface area contributed by atoms with Crippen molar-refractivity contribution in [2.24, 2.45) is 0 Å². The van der Waals surface area contributed by atoms with Gasteiger partial charge in [0.05, 0.1) is 0 Å². The Morgan fingerprint density at radius 1 is 1.04 bits per heavy atom. The van der Waals surface area contributed by atoms with Crippen molar-refractivity contribution in [3.63, 3.8) is 0 Å². The number of aryl methyl sites for hydroxylation is 1. The highest BCUT2D eigenvalue weighted by atomic mass is 35.5. The largest absolute Gasteiger partial charge is 0.421 e. The van der Waals surface area contributed by atoms with Gasteiger partial charge in [-0.25, -0.2) is 14.5 Å². The van der Waals surface area contributed by atoms with Crippen LogP contribution in [0.1, 0.15) is 37.7 Å². The molecule has 2 aliphatic rings. The van der Waals surface area contributed by atoms with Gasteiger partial charge in [0.25, 0.3) is 0 Å². The molecule has 2 heterocycles. The number of rotatable bonds is 8. The van der Waals surface area contributed by atoms with E-state index in [1.54, 1.807) is 0 Å². The molecule has 0 aromatic heterocycles. The van der Waals surface area contributed by atoms with E-state index in [-0.39, 0.29) is 0 Å². The van der Waals surface area contributed by atoms with Crippen LogP contribution in [0.2, 0.25) is 5.02 Å². The van der Waals surface area contributed by atoms with E-state index >= 15 is 0 Å². The summed E-state index contributed by atoms with van der Waals surface area (Å²) >= 11 is 5.87. The van der Waals surface area contributed by atoms with Gasteiger partial charge in [0.1, 0.15) is 0 Å². The summed E-state index contributed by atoms with van der Waals surface area (Å²) in [5.41, 5.74) is 1.25. The molecule has 0 aliphatic carbocycles. The molecule has 2 aliphatic heterocycles. The lowest BCUT2D eigenvalue weighted by Gasteiger charge is -2.40. The van der Waals surface area contributed by atoms with Crippen LogP contribution in [0.25, 0.3) is 0 Å². The molecule has 2 fully saturated rings. The highest BCUT2D eigenvalue weighted by Gasteiger charge is 2.53. The molecule has 0 radical (unpaired) electrons. The van der Waals surface area contributed by atoms with Crippen molar-refractivity contribution >= 4 is 23.5 Å². The van der Waals surface area contributed by atoms with Gasteiger partial charge < -0.3 is 14.2 Å². The number of nitrogens with zero attached hydrogens (tertiary/aromatic N) is 1. The summed E-state index contributed by atoms with van der Waals surface area (Å²) in [6, 6.07) is 7.86. The van der Waals surface area contributed by atoms with Crippen molar-refractivity contribution in [1.82, 2.24) is 4.90 Å². The predicted octanol–water partition coefficient (Wildman–Crippen LogP) is 2.92. The topological polar surface area (TPSA) is 65.1 Å². The summed E-state index contributed by atoms with van der Waals surface area (Å²) in [6.45, 7) is 2.72. The van der Waals surface area contributed by atoms with Gasteiger partial charge in [-0.2, -0.15) is 0 Å². The van der Waals surface area contributed by atoms with Crippen LogP contribution in [0.15, 0.2) is 24.3 Å². The van der Waals surface area contributed by atoms with Crippen molar-refractivity contribution in [2.75, 3.05) is 26.3 Å². The van der Waals surface area contributed by atoms with Crippen LogP contribution in [0.5, 0.6) is 0 Å². The van der Waals surface area contributed by atoms with E-state index < -0.39 is 17.8 Å². The number of likely N-dealkylation sites (tertiary alicyclic amines) is 1. The molecular formula is C19H24ClNO5. The second-order valence-corrected chi connectivity index (χ2v) is 7.07. The minimum absolute atomic E-state index is 0.534. The van der Waals surface area contributed by atoms with Gasteiger partial charge in [0.2, 0.25) is 0 Å². The smallest absolute Gasteiger partial charge is 0.400 e. The predicted molar refractivity (Wildman–Crippen MR) is 95.5 cm³/mol. The van der Waals surface area contributed by atoms with Crippen LogP contribution >= 0.6 is 11.6 Å². The van der Waals surface area contributed by atoms with Crippen LogP contribution < -0.4 is 0 Å². The molecule has 7 heteroatoms. The maximum absolute atomic E-state index is 11.4. The Labute approximate surface area is 158 Å². The second-order valence-electron chi connectivity index (χ2n) is 6.63. The fourth-order valence-electron chi connectivity index (χ4n) is 3.38. The van der Waals surface area contributed by atoms with Crippen LogP contribution in [0.3, 0.4) is 0 Å². The lowest BCUT2D eigenvalue weighted by atomic mass is 10.1. The highest BCUT2D eigenvalue weighted by molar-refractivity contribution is 6.31. The fraction of sp³-hybridized carbons (Fsp3) is 0.579. The second kappa shape index (κ2) is 8.84. The van der Waals surface area contributed by atoms with Crippen molar-refractivity contribution in [3.05, 3.63) is 34.9 Å². The number of hydrogen-bond donors (Lipinski definition) is 0. The van der Waals surface area contributed by atoms with Crippen LogP contribution in [-0.2, 0) is 30.2 Å². The zero-order valence-corrected chi connectivity index (χ0v) is 15.5. The summed E-state index contributed by atoms with van der Waals surface area (Å²) in [5, 5.41) is 0.749. The third-order valence-electron chi connectivity index (χ3n) is 4.71. The number of ether oxygens (including phenoxy) is 3. The lowest BCUT2D eigenvalue weighted by molar-refractivity contribution is -0.264. The van der Waals surface area contributed by atoms with Crippen molar-refractivity contribution in [1.29, 1.82) is 0 Å². The van der Waals surface area contributed by atoms with Gasteiger partial charge in [-0.1, -0.05) is 23.7 Å². The summed E-state index contributed by atoms with van der Waals surface area (Å²) < 4.78 is 16.2. The molecule has 26 heavy (non-hydrogen) atoms. The number of halogens is 1. The monoisotopic (exact) mass is 381 g/mol. The number of benzene rings is 1. The zero-order valence-electron chi connectivity index (χ0n) is 14.7. The summed E-state index contributed by atoms with van der Waals surface area (Å²) in [4.78, 5) is 24.8. The van der Waals surface area contributed by atoms with E-state index in [1.807, 2.05) is 29.2 Å². The maximum Gasteiger partial charge on any atom is 0.421 e. The SMILES string of the molecule is O=C1OC2(CCCCN2CCCOCCCc2ccc(Cl)cc2)OC1=O. The quantitative estimate of drug-likeness (QED) is 0.392. The average Bonchev–Trinajstić information content (AvgIpc) is 2.91. The first kappa shape index (κ1) is 19.1. The molecule has 0 amide bonds. The molecule has 0 N–H and O–H groups in total.